The number of aromatic nitrogens is 4. The van der Waals surface area contributed by atoms with Crippen LogP contribution in [0.1, 0.15) is 50.2 Å². The minimum atomic E-state index is -2.90. The van der Waals surface area contributed by atoms with Crippen molar-refractivity contribution in [2.24, 2.45) is 0 Å². The summed E-state index contributed by atoms with van der Waals surface area (Å²) in [5.41, 5.74) is -1.62. The number of hydrogen-bond donors (Lipinski definition) is 1. The van der Waals surface area contributed by atoms with Gasteiger partial charge in [-0.1, -0.05) is 22.8 Å². The number of likely N-dealkylation sites (N-methyl/N-ethyl adjacent to an activating group) is 1. The van der Waals surface area contributed by atoms with Crippen molar-refractivity contribution in [1.29, 1.82) is 0 Å². The summed E-state index contributed by atoms with van der Waals surface area (Å²) in [6.45, 7) is 2.63. The van der Waals surface area contributed by atoms with Gasteiger partial charge in [0.05, 0.1) is 11.0 Å². The van der Waals surface area contributed by atoms with Crippen molar-refractivity contribution >= 4 is 17.5 Å². The van der Waals surface area contributed by atoms with Gasteiger partial charge in [-0.25, -0.2) is 13.2 Å². The molecule has 1 aromatic carbocycles. The number of rotatable bonds is 8. The topological polar surface area (TPSA) is 97.3 Å². The van der Waals surface area contributed by atoms with E-state index in [9.17, 15) is 23.1 Å². The third-order valence-electron chi connectivity index (χ3n) is 5.64. The molecule has 2 heterocycles. The summed E-state index contributed by atoms with van der Waals surface area (Å²) in [6.07, 6.45) is -1.57. The van der Waals surface area contributed by atoms with Crippen molar-refractivity contribution in [2.45, 2.75) is 50.7 Å². The van der Waals surface area contributed by atoms with Crippen LogP contribution in [0.5, 0.6) is 0 Å². The van der Waals surface area contributed by atoms with E-state index in [-0.39, 0.29) is 23.2 Å². The molecule has 1 N–H and O–H groups in total. The summed E-state index contributed by atoms with van der Waals surface area (Å²) in [5, 5.41) is 18.2. The van der Waals surface area contributed by atoms with E-state index in [1.807, 2.05) is 0 Å². The zero-order valence-electron chi connectivity index (χ0n) is 18.7. The van der Waals surface area contributed by atoms with Crippen LogP contribution < -0.4 is 0 Å². The fraction of sp³-hybridized carbons (Fsp3) is 0.455. The molecule has 1 aliphatic rings. The van der Waals surface area contributed by atoms with Crippen LogP contribution in [0.4, 0.5) is 13.2 Å². The van der Waals surface area contributed by atoms with Gasteiger partial charge in [-0.15, -0.1) is 0 Å². The second kappa shape index (κ2) is 8.70. The Hall–Kier alpha value is -2.92. The first kappa shape index (κ1) is 24.2. The number of carbonyl (C=O) groups excluding carboxylic acids is 1. The Labute approximate surface area is 198 Å². The van der Waals surface area contributed by atoms with Crippen LogP contribution in [0.15, 0.2) is 28.8 Å². The average molecular weight is 498 g/mol. The SMILES string of the molecule is CN(CC(C)(C)O)C(=O)Cn1nc(-c2nc(C3(c4ccc(F)cc4Cl)CC3)no2)cc1C(F)F. The third kappa shape index (κ3) is 4.80. The Balaban J connectivity index is 1.60. The number of nitrogens with zero attached hydrogens (tertiary/aromatic N) is 5. The zero-order chi connectivity index (χ0) is 24.8. The molecule has 1 amide bonds. The summed E-state index contributed by atoms with van der Waals surface area (Å²) in [4.78, 5) is 18.1. The van der Waals surface area contributed by atoms with E-state index >= 15 is 0 Å². The highest BCUT2D eigenvalue weighted by molar-refractivity contribution is 6.31. The summed E-state index contributed by atoms with van der Waals surface area (Å²) >= 11 is 6.22. The lowest BCUT2D eigenvalue weighted by Gasteiger charge is -2.25. The molecule has 3 aromatic rings. The zero-order valence-corrected chi connectivity index (χ0v) is 19.5. The van der Waals surface area contributed by atoms with E-state index in [2.05, 4.69) is 15.2 Å². The van der Waals surface area contributed by atoms with Gasteiger partial charge in [0.25, 0.3) is 12.3 Å². The first-order valence-electron chi connectivity index (χ1n) is 10.5. The molecule has 0 aliphatic heterocycles. The smallest absolute Gasteiger partial charge is 0.280 e. The molecule has 0 spiro atoms. The van der Waals surface area contributed by atoms with Gasteiger partial charge in [0, 0.05) is 18.6 Å². The third-order valence-corrected chi connectivity index (χ3v) is 5.95. The van der Waals surface area contributed by atoms with E-state index in [1.165, 1.54) is 37.9 Å². The molecule has 4 rings (SSSR count). The first-order valence-corrected chi connectivity index (χ1v) is 10.9. The fourth-order valence-electron chi connectivity index (χ4n) is 3.89. The van der Waals surface area contributed by atoms with Crippen molar-refractivity contribution in [3.8, 4) is 11.6 Å². The van der Waals surface area contributed by atoms with Gasteiger partial charge in [-0.05, 0) is 50.5 Å². The number of carbonyl (C=O) groups is 1. The molecule has 1 fully saturated rings. The molecule has 0 radical (unpaired) electrons. The highest BCUT2D eigenvalue weighted by Crippen LogP contribution is 2.54. The average Bonchev–Trinajstić information content (AvgIpc) is 3.17. The molecule has 1 saturated carbocycles. The molecule has 182 valence electrons. The van der Waals surface area contributed by atoms with Gasteiger partial charge < -0.3 is 14.5 Å². The number of benzene rings is 1. The minimum absolute atomic E-state index is 0.00649. The van der Waals surface area contributed by atoms with Crippen molar-refractivity contribution in [3.05, 3.63) is 52.2 Å². The summed E-state index contributed by atoms with van der Waals surface area (Å²) < 4.78 is 46.9. The predicted molar refractivity (Wildman–Crippen MR) is 116 cm³/mol. The van der Waals surface area contributed by atoms with Crippen LogP contribution in [-0.4, -0.2) is 55.0 Å². The van der Waals surface area contributed by atoms with Gasteiger partial charge in [0.15, 0.2) is 11.5 Å². The number of aliphatic hydroxyl groups is 1. The Bertz CT molecular complexity index is 1220. The number of alkyl halides is 2. The molecule has 34 heavy (non-hydrogen) atoms. The van der Waals surface area contributed by atoms with Crippen LogP contribution in [0.2, 0.25) is 5.02 Å². The maximum absolute atomic E-state index is 13.6. The predicted octanol–water partition coefficient (Wildman–Crippen LogP) is 3.97. The molecule has 2 aromatic heterocycles. The summed E-state index contributed by atoms with van der Waals surface area (Å²) in [7, 11) is 1.46. The van der Waals surface area contributed by atoms with Crippen LogP contribution in [-0.2, 0) is 16.8 Å². The van der Waals surface area contributed by atoms with E-state index in [0.29, 0.717) is 24.2 Å². The van der Waals surface area contributed by atoms with Crippen molar-refractivity contribution < 1.29 is 27.6 Å². The maximum atomic E-state index is 13.6. The molecule has 12 heteroatoms. The molecule has 0 saturated heterocycles. The van der Waals surface area contributed by atoms with Crippen LogP contribution in [0.3, 0.4) is 0 Å². The molecule has 0 atom stereocenters. The van der Waals surface area contributed by atoms with Gasteiger partial charge in [-0.2, -0.15) is 10.1 Å². The standard InChI is InChI=1S/C22H23ClF3N5O3/c1-21(2,33)11-30(3)17(32)10-31-16(18(25)26)9-15(28-31)19-27-20(29-34-19)22(6-7-22)13-5-4-12(24)8-14(13)23/h4-5,8-9,18,33H,6-7,10-11H2,1-3H3. The maximum Gasteiger partial charge on any atom is 0.280 e. The summed E-state index contributed by atoms with van der Waals surface area (Å²) in [5.74, 6) is -0.762. The largest absolute Gasteiger partial charge is 0.389 e. The van der Waals surface area contributed by atoms with E-state index in [4.69, 9.17) is 16.1 Å². The molecule has 8 nitrogen and oxygen atoms in total. The van der Waals surface area contributed by atoms with Gasteiger partial charge in [0.2, 0.25) is 5.91 Å². The quantitative estimate of drug-likeness (QED) is 0.506. The first-order chi connectivity index (χ1) is 15.9. The lowest BCUT2D eigenvalue weighted by atomic mass is 9.95. The van der Waals surface area contributed by atoms with Crippen molar-refractivity contribution in [3.63, 3.8) is 0 Å². The highest BCUT2D eigenvalue weighted by atomic mass is 35.5. The lowest BCUT2D eigenvalue weighted by molar-refractivity contribution is -0.133. The highest BCUT2D eigenvalue weighted by Gasteiger charge is 2.51. The fourth-order valence-corrected chi connectivity index (χ4v) is 4.24. The van der Waals surface area contributed by atoms with Gasteiger partial charge in [-0.3, -0.25) is 9.48 Å². The molecule has 0 bridgehead atoms. The van der Waals surface area contributed by atoms with Gasteiger partial charge >= 0.3 is 0 Å². The second-order valence-corrected chi connectivity index (χ2v) is 9.51. The Morgan fingerprint density at radius 1 is 1.35 bits per heavy atom. The Morgan fingerprint density at radius 3 is 2.65 bits per heavy atom. The Morgan fingerprint density at radius 2 is 2.06 bits per heavy atom. The molecule has 0 unspecified atom stereocenters. The molecule has 1 aliphatic carbocycles. The number of halogens is 4. The Kier molecular flexibility index (Phi) is 6.19. The normalized spacial score (nSPS) is 15.1. The van der Waals surface area contributed by atoms with E-state index < -0.39 is 41.4 Å². The monoisotopic (exact) mass is 497 g/mol. The lowest BCUT2D eigenvalue weighted by Crippen LogP contribution is -2.41. The van der Waals surface area contributed by atoms with Crippen molar-refractivity contribution in [1.82, 2.24) is 24.8 Å². The van der Waals surface area contributed by atoms with Crippen molar-refractivity contribution in [2.75, 3.05) is 13.6 Å². The van der Waals surface area contributed by atoms with Crippen LogP contribution >= 0.6 is 11.6 Å². The van der Waals surface area contributed by atoms with Crippen LogP contribution in [0.25, 0.3) is 11.6 Å². The van der Waals surface area contributed by atoms with E-state index in [1.54, 1.807) is 6.07 Å². The van der Waals surface area contributed by atoms with Gasteiger partial charge in [0.1, 0.15) is 18.1 Å². The van der Waals surface area contributed by atoms with Crippen LogP contribution in [0, 0.1) is 5.82 Å². The van der Waals surface area contributed by atoms with E-state index in [0.717, 1.165) is 10.7 Å². The number of hydrogen-bond acceptors (Lipinski definition) is 6. The number of amides is 1. The molecular formula is C22H23ClF3N5O3. The minimum Gasteiger partial charge on any atom is -0.389 e. The summed E-state index contributed by atoms with van der Waals surface area (Å²) in [6, 6.07) is 5.17. The second-order valence-electron chi connectivity index (χ2n) is 9.10. The molecular weight excluding hydrogens is 475 g/mol.